The topological polar surface area (TPSA) is 46.9 Å². The van der Waals surface area contributed by atoms with Gasteiger partial charge in [-0.05, 0) is 6.92 Å². The Balaban J connectivity index is 2.57. The van der Waals surface area contributed by atoms with Gasteiger partial charge in [-0.2, -0.15) is 0 Å². The Hall–Kier alpha value is -1.03. The monoisotopic (exact) mass is 201 g/mol. The lowest BCUT2D eigenvalue weighted by atomic mass is 10.4. The fourth-order valence-electron chi connectivity index (χ4n) is 0.961. The summed E-state index contributed by atoms with van der Waals surface area (Å²) in [6.45, 7) is 2.77. The number of alkyl halides is 1. The summed E-state index contributed by atoms with van der Waals surface area (Å²) in [7, 11) is 0. The first kappa shape index (κ1) is 10.1. The number of halogens is 1. The van der Waals surface area contributed by atoms with Crippen LogP contribution in [0.5, 0.6) is 0 Å². The summed E-state index contributed by atoms with van der Waals surface area (Å²) in [6.07, 6.45) is 3.79. The number of anilines is 1. The Kier molecular flexibility index (Phi) is 3.76. The van der Waals surface area contributed by atoms with Crippen LogP contribution in [0.15, 0.2) is 12.4 Å². The van der Waals surface area contributed by atoms with Crippen molar-refractivity contribution in [3.8, 4) is 0 Å². The number of rotatable bonds is 4. The number of aryl methyl sites for hydroxylation is 1. The summed E-state index contributed by atoms with van der Waals surface area (Å²) in [4.78, 5) is 15.1. The summed E-state index contributed by atoms with van der Waals surface area (Å²) in [5.74, 6) is 0.812. The Morgan fingerprint density at radius 3 is 3.15 bits per heavy atom. The van der Waals surface area contributed by atoms with Gasteiger partial charge in [0.05, 0.1) is 0 Å². The number of carbonyl (C=O) groups excluding carboxylic acids is 1. The Bertz CT molecular complexity index is 285. The normalized spacial score (nSPS) is 10.0. The molecule has 0 aliphatic rings. The lowest BCUT2D eigenvalue weighted by Crippen LogP contribution is -2.15. The van der Waals surface area contributed by atoms with Crippen molar-refractivity contribution in [1.82, 2.24) is 9.55 Å². The zero-order chi connectivity index (χ0) is 9.68. The number of nitrogens with one attached hydrogen (secondary N) is 1. The second-order valence-electron chi connectivity index (χ2n) is 2.52. The third-order valence-corrected chi connectivity index (χ3v) is 1.82. The molecule has 0 fully saturated rings. The summed E-state index contributed by atoms with van der Waals surface area (Å²) >= 11 is 5.42. The molecule has 13 heavy (non-hydrogen) atoms. The van der Waals surface area contributed by atoms with Gasteiger partial charge in [0, 0.05) is 31.2 Å². The third-order valence-electron chi connectivity index (χ3n) is 1.63. The molecule has 1 aromatic heterocycles. The van der Waals surface area contributed by atoms with Crippen LogP contribution in [0.25, 0.3) is 0 Å². The molecule has 0 saturated carbocycles. The molecular weight excluding hydrogens is 190 g/mol. The SMILES string of the molecule is CCn1ccnc1NC(=O)CCCl. The second kappa shape index (κ2) is 4.87. The van der Waals surface area contributed by atoms with Crippen molar-refractivity contribution in [1.29, 1.82) is 0 Å². The van der Waals surface area contributed by atoms with Crippen LogP contribution in [0.4, 0.5) is 5.95 Å². The smallest absolute Gasteiger partial charge is 0.227 e. The van der Waals surface area contributed by atoms with E-state index in [4.69, 9.17) is 11.6 Å². The van der Waals surface area contributed by atoms with E-state index in [0.29, 0.717) is 18.2 Å². The molecule has 0 radical (unpaired) electrons. The van der Waals surface area contributed by atoms with Gasteiger partial charge in [-0.3, -0.25) is 10.1 Å². The van der Waals surface area contributed by atoms with Gasteiger partial charge in [0.2, 0.25) is 11.9 Å². The molecule has 4 nitrogen and oxygen atoms in total. The molecule has 0 spiro atoms. The predicted octanol–water partition coefficient (Wildman–Crippen LogP) is 1.47. The lowest BCUT2D eigenvalue weighted by Gasteiger charge is -2.04. The fourth-order valence-corrected chi connectivity index (χ4v) is 1.13. The molecule has 1 heterocycles. The van der Waals surface area contributed by atoms with Gasteiger partial charge in [-0.25, -0.2) is 4.98 Å². The molecule has 0 atom stereocenters. The van der Waals surface area contributed by atoms with E-state index in [0.717, 1.165) is 6.54 Å². The maximum atomic E-state index is 11.1. The van der Waals surface area contributed by atoms with Crippen LogP contribution in [0, 0.1) is 0 Å². The van der Waals surface area contributed by atoms with Crippen molar-refractivity contribution in [3.05, 3.63) is 12.4 Å². The molecule has 0 unspecified atom stereocenters. The van der Waals surface area contributed by atoms with E-state index >= 15 is 0 Å². The molecule has 0 aliphatic heterocycles. The summed E-state index contributed by atoms with van der Waals surface area (Å²) in [5.41, 5.74) is 0. The third kappa shape index (κ3) is 2.73. The number of carbonyl (C=O) groups is 1. The summed E-state index contributed by atoms with van der Waals surface area (Å²) in [5, 5.41) is 2.67. The average Bonchev–Trinajstić information content (AvgIpc) is 2.52. The maximum Gasteiger partial charge on any atom is 0.227 e. The fraction of sp³-hybridized carbons (Fsp3) is 0.500. The number of aromatic nitrogens is 2. The van der Waals surface area contributed by atoms with Crippen molar-refractivity contribution in [2.45, 2.75) is 19.9 Å². The van der Waals surface area contributed by atoms with E-state index in [-0.39, 0.29) is 5.91 Å². The van der Waals surface area contributed by atoms with E-state index in [1.807, 2.05) is 17.7 Å². The molecule has 1 amide bonds. The number of imidazole rings is 1. The minimum atomic E-state index is -0.101. The van der Waals surface area contributed by atoms with Gasteiger partial charge in [-0.15, -0.1) is 11.6 Å². The van der Waals surface area contributed by atoms with E-state index < -0.39 is 0 Å². The van der Waals surface area contributed by atoms with Gasteiger partial charge in [0.15, 0.2) is 0 Å². The lowest BCUT2D eigenvalue weighted by molar-refractivity contribution is -0.115. The van der Waals surface area contributed by atoms with Crippen LogP contribution in [-0.2, 0) is 11.3 Å². The van der Waals surface area contributed by atoms with E-state index in [9.17, 15) is 4.79 Å². The Morgan fingerprint density at radius 1 is 1.77 bits per heavy atom. The molecule has 1 N–H and O–H groups in total. The molecule has 1 rings (SSSR count). The van der Waals surface area contributed by atoms with Gasteiger partial charge in [0.25, 0.3) is 0 Å². The first-order chi connectivity index (χ1) is 6.27. The minimum absolute atomic E-state index is 0.101. The van der Waals surface area contributed by atoms with Crippen LogP contribution in [-0.4, -0.2) is 21.3 Å². The van der Waals surface area contributed by atoms with Crippen molar-refractivity contribution in [3.63, 3.8) is 0 Å². The predicted molar refractivity (Wildman–Crippen MR) is 51.9 cm³/mol. The molecular formula is C8H12ClN3O. The van der Waals surface area contributed by atoms with Gasteiger partial charge < -0.3 is 4.57 Å². The first-order valence-electron chi connectivity index (χ1n) is 4.15. The van der Waals surface area contributed by atoms with Gasteiger partial charge in [-0.1, -0.05) is 0 Å². The number of hydrogen-bond donors (Lipinski definition) is 1. The highest BCUT2D eigenvalue weighted by molar-refractivity contribution is 6.19. The zero-order valence-corrected chi connectivity index (χ0v) is 8.21. The Labute approximate surface area is 81.9 Å². The maximum absolute atomic E-state index is 11.1. The molecule has 72 valence electrons. The molecule has 5 heteroatoms. The van der Waals surface area contributed by atoms with Crippen molar-refractivity contribution < 1.29 is 4.79 Å². The van der Waals surface area contributed by atoms with Crippen molar-refractivity contribution in [2.75, 3.05) is 11.2 Å². The highest BCUT2D eigenvalue weighted by Gasteiger charge is 2.05. The number of amides is 1. The van der Waals surface area contributed by atoms with E-state index in [1.54, 1.807) is 6.20 Å². The largest absolute Gasteiger partial charge is 0.317 e. The van der Waals surface area contributed by atoms with Crippen LogP contribution in [0.2, 0.25) is 0 Å². The highest BCUT2D eigenvalue weighted by atomic mass is 35.5. The van der Waals surface area contributed by atoms with Crippen molar-refractivity contribution >= 4 is 23.5 Å². The van der Waals surface area contributed by atoms with E-state index in [1.165, 1.54) is 0 Å². The molecule has 0 aliphatic carbocycles. The van der Waals surface area contributed by atoms with Crippen LogP contribution in [0.3, 0.4) is 0 Å². The van der Waals surface area contributed by atoms with Crippen LogP contribution in [0.1, 0.15) is 13.3 Å². The molecule has 0 saturated heterocycles. The number of nitrogens with zero attached hydrogens (tertiary/aromatic N) is 2. The standard InChI is InChI=1S/C8H12ClN3O/c1-2-12-6-5-10-8(12)11-7(13)3-4-9/h5-6H,2-4H2,1H3,(H,10,11,13). The van der Waals surface area contributed by atoms with Crippen LogP contribution < -0.4 is 5.32 Å². The first-order valence-corrected chi connectivity index (χ1v) is 4.68. The highest BCUT2D eigenvalue weighted by Crippen LogP contribution is 2.04. The Morgan fingerprint density at radius 2 is 2.54 bits per heavy atom. The quantitative estimate of drug-likeness (QED) is 0.750. The molecule has 0 bridgehead atoms. The van der Waals surface area contributed by atoms with Crippen LogP contribution >= 0.6 is 11.6 Å². The second-order valence-corrected chi connectivity index (χ2v) is 2.90. The van der Waals surface area contributed by atoms with Gasteiger partial charge in [0.1, 0.15) is 0 Å². The zero-order valence-electron chi connectivity index (χ0n) is 7.46. The molecule has 1 aromatic rings. The van der Waals surface area contributed by atoms with Gasteiger partial charge >= 0.3 is 0 Å². The summed E-state index contributed by atoms with van der Waals surface area (Å²) < 4.78 is 1.85. The molecule has 0 aromatic carbocycles. The minimum Gasteiger partial charge on any atom is -0.317 e. The average molecular weight is 202 g/mol. The summed E-state index contributed by atoms with van der Waals surface area (Å²) in [6, 6.07) is 0. The number of hydrogen-bond acceptors (Lipinski definition) is 2. The van der Waals surface area contributed by atoms with Crippen molar-refractivity contribution in [2.24, 2.45) is 0 Å². The van der Waals surface area contributed by atoms with E-state index in [2.05, 4.69) is 10.3 Å².